The molecule has 1 amide bonds. The Morgan fingerprint density at radius 3 is 2.71 bits per heavy atom. The third-order valence-electron chi connectivity index (χ3n) is 5.52. The summed E-state index contributed by atoms with van der Waals surface area (Å²) in [6.45, 7) is 0.554. The highest BCUT2D eigenvalue weighted by Crippen LogP contribution is 2.33. The third kappa shape index (κ3) is 4.05. The summed E-state index contributed by atoms with van der Waals surface area (Å²) in [5.41, 5.74) is 1.40. The smallest absolute Gasteiger partial charge is 0.259 e. The van der Waals surface area contributed by atoms with Gasteiger partial charge in [-0.2, -0.15) is 0 Å². The van der Waals surface area contributed by atoms with Crippen molar-refractivity contribution in [3.8, 4) is 0 Å². The summed E-state index contributed by atoms with van der Waals surface area (Å²) in [5, 5.41) is 2.66. The number of aromatic amines is 1. The second kappa shape index (κ2) is 8.36. The van der Waals surface area contributed by atoms with E-state index in [0.717, 1.165) is 41.0 Å². The van der Waals surface area contributed by atoms with Crippen LogP contribution >= 0.6 is 22.7 Å². The average molecular weight is 454 g/mol. The van der Waals surface area contributed by atoms with Crippen LogP contribution in [-0.4, -0.2) is 20.8 Å². The molecule has 0 unspecified atom stereocenters. The Morgan fingerprint density at radius 1 is 1.13 bits per heavy atom. The highest BCUT2D eigenvalue weighted by Gasteiger charge is 2.22. The van der Waals surface area contributed by atoms with E-state index in [1.54, 1.807) is 27.6 Å². The fourth-order valence-corrected chi connectivity index (χ4v) is 6.03. The minimum absolute atomic E-state index is 0.135. The molecule has 1 aliphatic carbocycles. The van der Waals surface area contributed by atoms with Crippen molar-refractivity contribution in [1.29, 1.82) is 0 Å². The van der Waals surface area contributed by atoms with Crippen LogP contribution in [0.5, 0.6) is 0 Å². The van der Waals surface area contributed by atoms with Gasteiger partial charge in [-0.25, -0.2) is 9.37 Å². The summed E-state index contributed by atoms with van der Waals surface area (Å²) < 4.78 is 13.3. The molecule has 0 saturated heterocycles. The maximum Gasteiger partial charge on any atom is 0.259 e. The lowest BCUT2D eigenvalue weighted by molar-refractivity contribution is 0.0727. The standard InChI is InChI=1S/C23H20FN3O2S2/c24-15-9-7-14(8-10-15)23(29)27(12-16-4-3-11-30-16)13-19-25-21(28)20-17-5-1-2-6-18(17)31-22(20)26-19/h3-4,7-11H,1-2,5-6,12-13H2,(H,25,26,28). The molecule has 1 aromatic carbocycles. The zero-order chi connectivity index (χ0) is 21.4. The first kappa shape index (κ1) is 20.1. The van der Waals surface area contributed by atoms with Crippen LogP contribution in [0.1, 0.15) is 44.3 Å². The number of nitrogens with one attached hydrogen (secondary N) is 1. The molecule has 158 valence electrons. The second-order valence-electron chi connectivity index (χ2n) is 7.65. The summed E-state index contributed by atoms with van der Waals surface area (Å²) >= 11 is 3.15. The molecule has 0 bridgehead atoms. The maximum atomic E-state index is 13.3. The molecule has 1 N–H and O–H groups in total. The number of aryl methyl sites for hydroxylation is 2. The molecule has 0 aliphatic heterocycles. The number of carbonyl (C=O) groups excluding carboxylic acids is 1. The summed E-state index contributed by atoms with van der Waals surface area (Å²) in [6.07, 6.45) is 4.16. The van der Waals surface area contributed by atoms with Crippen molar-refractivity contribution < 1.29 is 9.18 Å². The molecule has 0 radical (unpaired) electrons. The molecule has 8 heteroatoms. The van der Waals surface area contributed by atoms with E-state index in [1.165, 1.54) is 29.1 Å². The number of nitrogens with zero attached hydrogens (tertiary/aromatic N) is 2. The number of benzene rings is 1. The zero-order valence-corrected chi connectivity index (χ0v) is 18.3. The van der Waals surface area contributed by atoms with Crippen LogP contribution in [0.2, 0.25) is 0 Å². The van der Waals surface area contributed by atoms with Crippen LogP contribution in [0.3, 0.4) is 0 Å². The number of hydrogen-bond acceptors (Lipinski definition) is 5. The van der Waals surface area contributed by atoms with Gasteiger partial charge in [0, 0.05) is 15.3 Å². The molecular formula is C23H20FN3O2S2. The molecule has 31 heavy (non-hydrogen) atoms. The van der Waals surface area contributed by atoms with E-state index < -0.39 is 0 Å². The lowest BCUT2D eigenvalue weighted by Gasteiger charge is -2.22. The number of halogens is 1. The van der Waals surface area contributed by atoms with Crippen molar-refractivity contribution in [1.82, 2.24) is 14.9 Å². The Labute approximate surface area is 186 Å². The molecule has 0 fully saturated rings. The van der Waals surface area contributed by atoms with E-state index in [2.05, 4.69) is 4.98 Å². The largest absolute Gasteiger partial charge is 0.326 e. The predicted octanol–water partition coefficient (Wildman–Crippen LogP) is 4.91. The van der Waals surface area contributed by atoms with Crippen molar-refractivity contribution >= 4 is 38.8 Å². The van der Waals surface area contributed by atoms with Gasteiger partial charge >= 0.3 is 0 Å². The number of thiophene rings is 2. The SMILES string of the molecule is O=C(c1ccc(F)cc1)N(Cc1nc2sc3c(c2c(=O)[nH]1)CCCC3)Cc1cccs1. The minimum Gasteiger partial charge on any atom is -0.326 e. The van der Waals surface area contributed by atoms with Gasteiger partial charge < -0.3 is 9.88 Å². The van der Waals surface area contributed by atoms with Crippen molar-refractivity contribution in [3.63, 3.8) is 0 Å². The van der Waals surface area contributed by atoms with Crippen molar-refractivity contribution in [2.75, 3.05) is 0 Å². The van der Waals surface area contributed by atoms with E-state index in [-0.39, 0.29) is 23.8 Å². The highest BCUT2D eigenvalue weighted by molar-refractivity contribution is 7.18. The summed E-state index contributed by atoms with van der Waals surface area (Å²) in [6, 6.07) is 9.40. The van der Waals surface area contributed by atoms with Crippen LogP contribution in [0.4, 0.5) is 4.39 Å². The number of fused-ring (bicyclic) bond motifs is 3. The molecule has 0 spiro atoms. The fourth-order valence-electron chi connectivity index (χ4n) is 4.03. The van der Waals surface area contributed by atoms with Gasteiger partial charge in [-0.15, -0.1) is 22.7 Å². The molecule has 1 aliphatic rings. The van der Waals surface area contributed by atoms with E-state index >= 15 is 0 Å². The number of H-pyrrole nitrogens is 1. The number of hydrogen-bond donors (Lipinski definition) is 1. The minimum atomic E-state index is -0.389. The Hall–Kier alpha value is -2.84. The lowest BCUT2D eigenvalue weighted by atomic mass is 9.97. The number of aromatic nitrogens is 2. The molecular weight excluding hydrogens is 433 g/mol. The monoisotopic (exact) mass is 453 g/mol. The summed E-state index contributed by atoms with van der Waals surface area (Å²) in [7, 11) is 0. The second-order valence-corrected chi connectivity index (χ2v) is 9.77. The highest BCUT2D eigenvalue weighted by atomic mass is 32.1. The number of carbonyl (C=O) groups is 1. The number of amides is 1. The van der Waals surface area contributed by atoms with E-state index in [9.17, 15) is 14.0 Å². The Balaban J connectivity index is 1.49. The third-order valence-corrected chi connectivity index (χ3v) is 7.57. The van der Waals surface area contributed by atoms with Crippen LogP contribution in [0, 0.1) is 5.82 Å². The van der Waals surface area contributed by atoms with Crippen molar-refractivity contribution in [3.05, 3.63) is 84.7 Å². The first-order valence-electron chi connectivity index (χ1n) is 10.2. The first-order chi connectivity index (χ1) is 15.1. The molecule has 5 rings (SSSR count). The predicted molar refractivity (Wildman–Crippen MR) is 121 cm³/mol. The van der Waals surface area contributed by atoms with Gasteiger partial charge in [0.05, 0.1) is 18.5 Å². The Bertz CT molecular complexity index is 1290. The number of rotatable bonds is 5. The lowest BCUT2D eigenvalue weighted by Crippen LogP contribution is -2.31. The van der Waals surface area contributed by atoms with Crippen LogP contribution < -0.4 is 5.56 Å². The fraction of sp³-hybridized carbons (Fsp3) is 0.261. The molecule has 5 nitrogen and oxygen atoms in total. The molecule has 4 aromatic rings. The Morgan fingerprint density at radius 2 is 1.94 bits per heavy atom. The molecule has 0 saturated carbocycles. The van der Waals surface area contributed by atoms with Gasteiger partial charge in [0.1, 0.15) is 16.5 Å². The van der Waals surface area contributed by atoms with E-state index in [4.69, 9.17) is 4.98 Å². The maximum absolute atomic E-state index is 13.3. The van der Waals surface area contributed by atoms with Gasteiger partial charge in [0.15, 0.2) is 0 Å². The topological polar surface area (TPSA) is 66.1 Å². The first-order valence-corrected chi connectivity index (χ1v) is 11.9. The Kier molecular flexibility index (Phi) is 5.41. The van der Waals surface area contributed by atoms with Crippen LogP contribution in [0.25, 0.3) is 10.2 Å². The molecule has 3 heterocycles. The van der Waals surface area contributed by atoms with Crippen molar-refractivity contribution in [2.45, 2.75) is 38.8 Å². The average Bonchev–Trinajstić information content (AvgIpc) is 3.40. The van der Waals surface area contributed by atoms with E-state index in [0.29, 0.717) is 23.3 Å². The molecule has 0 atom stereocenters. The van der Waals surface area contributed by atoms with Gasteiger partial charge in [0.2, 0.25) is 0 Å². The summed E-state index contributed by atoms with van der Waals surface area (Å²) in [5.74, 6) is -0.163. The normalized spacial score (nSPS) is 13.3. The van der Waals surface area contributed by atoms with Gasteiger partial charge in [-0.05, 0) is 67.0 Å². The quantitative estimate of drug-likeness (QED) is 0.467. The van der Waals surface area contributed by atoms with Crippen LogP contribution in [-0.2, 0) is 25.9 Å². The van der Waals surface area contributed by atoms with Crippen molar-refractivity contribution in [2.24, 2.45) is 0 Å². The molecule has 3 aromatic heterocycles. The van der Waals surface area contributed by atoms with E-state index in [1.807, 2.05) is 17.5 Å². The van der Waals surface area contributed by atoms with Gasteiger partial charge in [-0.1, -0.05) is 6.07 Å². The van der Waals surface area contributed by atoms with Gasteiger partial charge in [-0.3, -0.25) is 9.59 Å². The summed E-state index contributed by atoms with van der Waals surface area (Å²) in [4.78, 5) is 38.3. The van der Waals surface area contributed by atoms with Gasteiger partial charge in [0.25, 0.3) is 11.5 Å². The zero-order valence-electron chi connectivity index (χ0n) is 16.7. The van der Waals surface area contributed by atoms with Crippen LogP contribution in [0.15, 0.2) is 46.6 Å².